The van der Waals surface area contributed by atoms with E-state index in [4.69, 9.17) is 4.74 Å². The number of carbonyl (C=O) groups is 2. The molecule has 0 aliphatic heterocycles. The monoisotopic (exact) mass is 336 g/mol. The second-order valence-electron chi connectivity index (χ2n) is 5.80. The van der Waals surface area contributed by atoms with E-state index >= 15 is 0 Å². The van der Waals surface area contributed by atoms with E-state index in [9.17, 15) is 9.59 Å². The van der Waals surface area contributed by atoms with Crippen LogP contribution in [0.25, 0.3) is 10.9 Å². The smallest absolute Gasteiger partial charge is 0.262 e. The summed E-state index contributed by atoms with van der Waals surface area (Å²) in [5.41, 5.74) is 2.97. The third-order valence-corrected chi connectivity index (χ3v) is 4.38. The van der Waals surface area contributed by atoms with Crippen molar-refractivity contribution in [3.8, 4) is 5.75 Å². The molecule has 0 atom stereocenters. The first-order valence-electron chi connectivity index (χ1n) is 8.05. The fourth-order valence-corrected chi connectivity index (χ4v) is 3.03. The van der Waals surface area contributed by atoms with Gasteiger partial charge in [-0.2, -0.15) is 0 Å². The molecule has 3 aromatic rings. The Hall–Kier alpha value is -3.08. The average molecular weight is 336 g/mol. The third kappa shape index (κ3) is 3.01. The summed E-state index contributed by atoms with van der Waals surface area (Å²) in [6.45, 7) is 1.87. The van der Waals surface area contributed by atoms with E-state index in [-0.39, 0.29) is 18.2 Å². The van der Waals surface area contributed by atoms with Crippen molar-refractivity contribution in [1.82, 2.24) is 9.88 Å². The maximum atomic E-state index is 13.0. The molecule has 0 spiro atoms. The predicted octanol–water partition coefficient (Wildman–Crippen LogP) is 2.94. The lowest BCUT2D eigenvalue weighted by Gasteiger charge is -2.07. The molecule has 0 fully saturated rings. The fraction of sp³-hybridized carbons (Fsp3) is 0.200. The number of amides is 1. The molecule has 3 rings (SSSR count). The Kier molecular flexibility index (Phi) is 4.57. The normalized spacial score (nSPS) is 10.7. The lowest BCUT2D eigenvalue weighted by Crippen LogP contribution is -2.20. The molecule has 0 saturated carbocycles. The first-order valence-corrected chi connectivity index (χ1v) is 8.05. The number of hydrogen-bond donors (Lipinski definition) is 1. The zero-order valence-electron chi connectivity index (χ0n) is 14.5. The van der Waals surface area contributed by atoms with Crippen LogP contribution < -0.4 is 10.1 Å². The van der Waals surface area contributed by atoms with E-state index in [0.717, 1.165) is 22.2 Å². The number of likely N-dealkylation sites (N-methyl/N-ethyl adjacent to an activating group) is 1. The molecule has 0 unspecified atom stereocenters. The molecule has 0 radical (unpaired) electrons. The molecule has 1 N–H and O–H groups in total. The van der Waals surface area contributed by atoms with E-state index in [0.29, 0.717) is 11.3 Å². The Morgan fingerprint density at radius 2 is 1.84 bits per heavy atom. The Labute approximate surface area is 146 Å². The van der Waals surface area contributed by atoms with Gasteiger partial charge in [-0.05, 0) is 42.8 Å². The lowest BCUT2D eigenvalue weighted by atomic mass is 10.1. The summed E-state index contributed by atoms with van der Waals surface area (Å²) in [4.78, 5) is 25.0. The van der Waals surface area contributed by atoms with E-state index < -0.39 is 0 Å². The highest BCUT2D eigenvalue weighted by molar-refractivity contribution is 6.05. The molecule has 5 nitrogen and oxygen atoms in total. The highest BCUT2D eigenvalue weighted by Crippen LogP contribution is 2.30. The molecule has 128 valence electrons. The van der Waals surface area contributed by atoms with Crippen molar-refractivity contribution in [3.63, 3.8) is 0 Å². The van der Waals surface area contributed by atoms with Crippen molar-refractivity contribution >= 4 is 22.7 Å². The van der Waals surface area contributed by atoms with Gasteiger partial charge in [0.25, 0.3) is 5.91 Å². The molecular formula is C20H20N2O3. The topological polar surface area (TPSA) is 60.3 Å². The van der Waals surface area contributed by atoms with Crippen LogP contribution in [-0.2, 0) is 11.2 Å². The van der Waals surface area contributed by atoms with E-state index in [2.05, 4.69) is 5.32 Å². The summed E-state index contributed by atoms with van der Waals surface area (Å²) < 4.78 is 6.98. The average Bonchev–Trinajstić information content (AvgIpc) is 2.92. The van der Waals surface area contributed by atoms with Gasteiger partial charge in [0.2, 0.25) is 5.91 Å². The number of aromatic nitrogens is 1. The number of methoxy groups -OCH3 is 1. The van der Waals surface area contributed by atoms with Crippen LogP contribution in [0.1, 0.15) is 21.6 Å². The van der Waals surface area contributed by atoms with Crippen LogP contribution in [0.4, 0.5) is 0 Å². The van der Waals surface area contributed by atoms with Crippen LogP contribution in [0, 0.1) is 6.92 Å². The number of nitrogens with one attached hydrogen (secondary N) is 1. The molecule has 2 aromatic carbocycles. The summed E-state index contributed by atoms with van der Waals surface area (Å²) in [6.07, 6.45) is 0.209. The number of hydrogen-bond acceptors (Lipinski definition) is 3. The van der Waals surface area contributed by atoms with Gasteiger partial charge >= 0.3 is 0 Å². The largest absolute Gasteiger partial charge is 0.497 e. The van der Waals surface area contributed by atoms with Crippen LogP contribution in [0.3, 0.4) is 0 Å². The molecule has 1 aromatic heterocycles. The predicted molar refractivity (Wildman–Crippen MR) is 97.2 cm³/mol. The molecule has 1 heterocycles. The Morgan fingerprint density at radius 3 is 2.48 bits per heavy atom. The summed E-state index contributed by atoms with van der Waals surface area (Å²) in [7, 11) is 3.20. The van der Waals surface area contributed by atoms with Gasteiger partial charge < -0.3 is 10.1 Å². The molecule has 0 aliphatic rings. The first kappa shape index (κ1) is 16.8. The summed E-state index contributed by atoms with van der Waals surface area (Å²) in [6, 6.07) is 14.7. The van der Waals surface area contributed by atoms with Gasteiger partial charge in [-0.3, -0.25) is 14.2 Å². The van der Waals surface area contributed by atoms with Crippen molar-refractivity contribution in [1.29, 1.82) is 0 Å². The first-order chi connectivity index (χ1) is 12.1. The molecular weight excluding hydrogens is 316 g/mol. The van der Waals surface area contributed by atoms with Crippen LogP contribution in [0.2, 0.25) is 0 Å². The quantitative estimate of drug-likeness (QED) is 0.797. The molecule has 25 heavy (non-hydrogen) atoms. The number of nitrogens with zero attached hydrogens (tertiary/aromatic N) is 1. The van der Waals surface area contributed by atoms with E-state index in [1.807, 2.05) is 43.3 Å². The zero-order chi connectivity index (χ0) is 18.0. The fourth-order valence-electron chi connectivity index (χ4n) is 3.03. The van der Waals surface area contributed by atoms with E-state index in [1.165, 1.54) is 0 Å². The van der Waals surface area contributed by atoms with Crippen molar-refractivity contribution in [2.24, 2.45) is 0 Å². The molecule has 1 amide bonds. The Balaban J connectivity index is 2.23. The minimum Gasteiger partial charge on any atom is -0.497 e. The second kappa shape index (κ2) is 6.81. The number of ether oxygens (including phenoxy) is 1. The van der Waals surface area contributed by atoms with Gasteiger partial charge in [0, 0.05) is 23.7 Å². The van der Waals surface area contributed by atoms with Crippen LogP contribution in [0.15, 0.2) is 48.5 Å². The van der Waals surface area contributed by atoms with Crippen molar-refractivity contribution in [3.05, 3.63) is 65.4 Å². The minimum absolute atomic E-state index is 0.0999. The summed E-state index contributed by atoms with van der Waals surface area (Å²) in [5, 5.41) is 3.49. The number of fused-ring (bicyclic) bond motifs is 1. The van der Waals surface area contributed by atoms with Crippen molar-refractivity contribution in [2.75, 3.05) is 14.2 Å². The van der Waals surface area contributed by atoms with Gasteiger partial charge in [-0.25, -0.2) is 0 Å². The summed E-state index contributed by atoms with van der Waals surface area (Å²) in [5.74, 6) is 0.475. The number of rotatable bonds is 4. The van der Waals surface area contributed by atoms with Crippen molar-refractivity contribution in [2.45, 2.75) is 13.3 Å². The van der Waals surface area contributed by atoms with Gasteiger partial charge in [0.1, 0.15) is 5.75 Å². The number of carbonyl (C=O) groups excluding carboxylic acids is 2. The molecule has 0 saturated heterocycles. The maximum Gasteiger partial charge on any atom is 0.262 e. The van der Waals surface area contributed by atoms with Gasteiger partial charge in [0.15, 0.2) is 0 Å². The maximum absolute atomic E-state index is 13.0. The van der Waals surface area contributed by atoms with Gasteiger partial charge in [-0.1, -0.05) is 18.2 Å². The lowest BCUT2D eigenvalue weighted by molar-refractivity contribution is -0.119. The summed E-state index contributed by atoms with van der Waals surface area (Å²) >= 11 is 0. The molecule has 0 bridgehead atoms. The second-order valence-corrected chi connectivity index (χ2v) is 5.80. The third-order valence-electron chi connectivity index (χ3n) is 4.38. The van der Waals surface area contributed by atoms with Gasteiger partial charge in [-0.15, -0.1) is 0 Å². The molecule has 0 aliphatic carbocycles. The van der Waals surface area contributed by atoms with Crippen LogP contribution in [0.5, 0.6) is 5.75 Å². The van der Waals surface area contributed by atoms with Crippen LogP contribution >= 0.6 is 0 Å². The Morgan fingerprint density at radius 1 is 1.12 bits per heavy atom. The number of benzene rings is 2. The standard InChI is InChI=1S/C20H20N2O3/c1-13-16(12-19(23)21-2)17-11-15(25-3)9-10-18(17)22(13)20(24)14-7-5-4-6-8-14/h4-11H,12H2,1-3H3,(H,21,23). The van der Waals surface area contributed by atoms with Crippen LogP contribution in [-0.4, -0.2) is 30.5 Å². The highest BCUT2D eigenvalue weighted by Gasteiger charge is 2.21. The van der Waals surface area contributed by atoms with Gasteiger partial charge in [0.05, 0.1) is 19.0 Å². The Bertz CT molecular complexity index is 942. The zero-order valence-corrected chi connectivity index (χ0v) is 14.5. The van der Waals surface area contributed by atoms with E-state index in [1.54, 1.807) is 30.9 Å². The SMILES string of the molecule is CNC(=O)Cc1c(C)n(C(=O)c2ccccc2)c2ccc(OC)cc12. The molecule has 5 heteroatoms. The highest BCUT2D eigenvalue weighted by atomic mass is 16.5. The minimum atomic E-state index is -0.114. The van der Waals surface area contributed by atoms with Crippen molar-refractivity contribution < 1.29 is 14.3 Å².